The van der Waals surface area contributed by atoms with E-state index in [9.17, 15) is 0 Å². The molecule has 0 amide bonds. The molecule has 0 aliphatic heterocycles. The van der Waals surface area contributed by atoms with E-state index in [0.717, 1.165) is 29.2 Å². The average Bonchev–Trinajstić information content (AvgIpc) is 2.22. The van der Waals surface area contributed by atoms with Gasteiger partial charge in [0.05, 0.1) is 0 Å². The van der Waals surface area contributed by atoms with Gasteiger partial charge in [-0.25, -0.2) is 0 Å². The molecule has 90 valence electrons. The van der Waals surface area contributed by atoms with Crippen LogP contribution in [0.1, 0.15) is 25.8 Å². The van der Waals surface area contributed by atoms with E-state index in [1.807, 2.05) is 12.1 Å². The summed E-state index contributed by atoms with van der Waals surface area (Å²) in [5.74, 6) is 0.756. The minimum absolute atomic E-state index is 0.756. The van der Waals surface area contributed by atoms with Crippen molar-refractivity contribution >= 4 is 21.6 Å². The molecule has 0 unspecified atom stereocenters. The van der Waals surface area contributed by atoms with Crippen molar-refractivity contribution in [3.63, 3.8) is 0 Å². The van der Waals surface area contributed by atoms with Gasteiger partial charge < -0.3 is 10.6 Å². The van der Waals surface area contributed by atoms with Gasteiger partial charge in [0.1, 0.15) is 0 Å². The third-order valence-electron chi connectivity index (χ3n) is 2.64. The van der Waals surface area contributed by atoms with Gasteiger partial charge in [0.15, 0.2) is 0 Å². The third kappa shape index (κ3) is 4.14. The largest absolute Gasteiger partial charge is 0.398 e. The Kier molecular flexibility index (Phi) is 5.29. The first kappa shape index (κ1) is 13.5. The SMILES string of the molecule is CC(C)CCN(C)Cc1cccc(N)c1Br. The minimum atomic E-state index is 0.756. The average molecular weight is 285 g/mol. The number of nitrogen functional groups attached to an aromatic ring is 1. The molecular formula is C13H21BrN2. The fourth-order valence-corrected chi connectivity index (χ4v) is 1.96. The van der Waals surface area contributed by atoms with Crippen LogP contribution in [-0.4, -0.2) is 18.5 Å². The molecule has 1 aromatic rings. The molecule has 1 rings (SSSR count). The standard InChI is InChI=1S/C13H21BrN2/c1-10(2)7-8-16(3)9-11-5-4-6-12(15)13(11)14/h4-6,10H,7-9,15H2,1-3H3. The lowest BCUT2D eigenvalue weighted by molar-refractivity contribution is 0.303. The Balaban J connectivity index is 2.56. The fourth-order valence-electron chi connectivity index (χ4n) is 1.57. The molecule has 2 N–H and O–H groups in total. The molecule has 0 atom stereocenters. The monoisotopic (exact) mass is 284 g/mol. The smallest absolute Gasteiger partial charge is 0.0461 e. The van der Waals surface area contributed by atoms with Gasteiger partial charge >= 0.3 is 0 Å². The van der Waals surface area contributed by atoms with E-state index in [-0.39, 0.29) is 0 Å². The molecule has 0 fully saturated rings. The summed E-state index contributed by atoms with van der Waals surface area (Å²) in [6.45, 7) is 6.58. The van der Waals surface area contributed by atoms with Crippen molar-refractivity contribution in [2.24, 2.45) is 5.92 Å². The Hall–Kier alpha value is -0.540. The van der Waals surface area contributed by atoms with Gasteiger partial charge in [-0.2, -0.15) is 0 Å². The summed E-state index contributed by atoms with van der Waals surface area (Å²) in [5.41, 5.74) is 7.92. The maximum atomic E-state index is 5.85. The summed E-state index contributed by atoms with van der Waals surface area (Å²) >= 11 is 3.54. The Morgan fingerprint density at radius 1 is 1.38 bits per heavy atom. The van der Waals surface area contributed by atoms with Crippen LogP contribution < -0.4 is 5.73 Å². The van der Waals surface area contributed by atoms with E-state index in [0.29, 0.717) is 0 Å². The topological polar surface area (TPSA) is 29.3 Å². The van der Waals surface area contributed by atoms with Crippen LogP contribution >= 0.6 is 15.9 Å². The number of hydrogen-bond acceptors (Lipinski definition) is 2. The highest BCUT2D eigenvalue weighted by Gasteiger charge is 2.06. The zero-order valence-electron chi connectivity index (χ0n) is 10.3. The van der Waals surface area contributed by atoms with Crippen LogP contribution in [-0.2, 0) is 6.54 Å². The maximum absolute atomic E-state index is 5.85. The van der Waals surface area contributed by atoms with Gasteiger partial charge in [0, 0.05) is 16.7 Å². The highest BCUT2D eigenvalue weighted by atomic mass is 79.9. The lowest BCUT2D eigenvalue weighted by Crippen LogP contribution is -2.20. The van der Waals surface area contributed by atoms with E-state index in [4.69, 9.17) is 5.73 Å². The van der Waals surface area contributed by atoms with Crippen molar-refractivity contribution in [1.82, 2.24) is 4.90 Å². The predicted molar refractivity (Wildman–Crippen MR) is 74.3 cm³/mol. The van der Waals surface area contributed by atoms with E-state index in [1.54, 1.807) is 0 Å². The lowest BCUT2D eigenvalue weighted by atomic mass is 10.1. The van der Waals surface area contributed by atoms with Crippen molar-refractivity contribution in [1.29, 1.82) is 0 Å². The summed E-state index contributed by atoms with van der Waals surface area (Å²) in [5, 5.41) is 0. The Bertz CT molecular complexity index is 337. The lowest BCUT2D eigenvalue weighted by Gasteiger charge is -2.19. The first-order valence-corrected chi connectivity index (χ1v) is 6.51. The van der Waals surface area contributed by atoms with E-state index < -0.39 is 0 Å². The molecule has 0 spiro atoms. The number of rotatable bonds is 5. The summed E-state index contributed by atoms with van der Waals surface area (Å²) in [6, 6.07) is 6.04. The maximum Gasteiger partial charge on any atom is 0.0461 e. The van der Waals surface area contributed by atoms with Gasteiger partial charge in [-0.15, -0.1) is 0 Å². The molecule has 0 radical (unpaired) electrons. The number of benzene rings is 1. The summed E-state index contributed by atoms with van der Waals surface area (Å²) < 4.78 is 1.03. The highest BCUT2D eigenvalue weighted by molar-refractivity contribution is 9.10. The van der Waals surface area contributed by atoms with Crippen molar-refractivity contribution in [3.8, 4) is 0 Å². The van der Waals surface area contributed by atoms with Crippen molar-refractivity contribution in [3.05, 3.63) is 28.2 Å². The second-order valence-corrected chi connectivity index (χ2v) is 5.53. The van der Waals surface area contributed by atoms with Gasteiger partial charge in [0.2, 0.25) is 0 Å². The van der Waals surface area contributed by atoms with Crippen LogP contribution in [0, 0.1) is 5.92 Å². The molecule has 1 aromatic carbocycles. The number of anilines is 1. The molecule has 2 nitrogen and oxygen atoms in total. The zero-order chi connectivity index (χ0) is 12.1. The molecule has 0 aliphatic rings. The van der Waals surface area contributed by atoms with Crippen LogP contribution in [0.3, 0.4) is 0 Å². The Morgan fingerprint density at radius 2 is 2.06 bits per heavy atom. The highest BCUT2D eigenvalue weighted by Crippen LogP contribution is 2.24. The van der Waals surface area contributed by atoms with Crippen LogP contribution in [0.4, 0.5) is 5.69 Å². The normalized spacial score (nSPS) is 11.4. The molecule has 0 saturated carbocycles. The zero-order valence-corrected chi connectivity index (χ0v) is 11.9. The quantitative estimate of drug-likeness (QED) is 0.839. The second-order valence-electron chi connectivity index (χ2n) is 4.74. The summed E-state index contributed by atoms with van der Waals surface area (Å²) in [6.07, 6.45) is 1.23. The van der Waals surface area contributed by atoms with Crippen molar-refractivity contribution < 1.29 is 0 Å². The van der Waals surface area contributed by atoms with Gasteiger partial charge in [-0.05, 0) is 53.5 Å². The van der Waals surface area contributed by atoms with Gasteiger partial charge in [0.25, 0.3) is 0 Å². The van der Waals surface area contributed by atoms with Crippen LogP contribution in [0.25, 0.3) is 0 Å². The Labute approximate surface area is 107 Å². The first-order valence-electron chi connectivity index (χ1n) is 5.72. The number of halogens is 1. The third-order valence-corrected chi connectivity index (χ3v) is 3.60. The van der Waals surface area contributed by atoms with E-state index >= 15 is 0 Å². The van der Waals surface area contributed by atoms with Crippen LogP contribution in [0.5, 0.6) is 0 Å². The summed E-state index contributed by atoms with van der Waals surface area (Å²) in [7, 11) is 2.15. The molecule has 0 aromatic heterocycles. The van der Waals surface area contributed by atoms with E-state index in [1.165, 1.54) is 12.0 Å². The fraction of sp³-hybridized carbons (Fsp3) is 0.538. The Morgan fingerprint density at radius 3 is 2.69 bits per heavy atom. The van der Waals surface area contributed by atoms with Crippen molar-refractivity contribution in [2.45, 2.75) is 26.8 Å². The number of hydrogen-bond donors (Lipinski definition) is 1. The van der Waals surface area contributed by atoms with Crippen molar-refractivity contribution in [2.75, 3.05) is 19.3 Å². The molecular weight excluding hydrogens is 264 g/mol. The second kappa shape index (κ2) is 6.26. The molecule has 0 bridgehead atoms. The van der Waals surface area contributed by atoms with E-state index in [2.05, 4.69) is 47.8 Å². The van der Waals surface area contributed by atoms with Gasteiger partial charge in [-0.1, -0.05) is 26.0 Å². The van der Waals surface area contributed by atoms with Crippen LogP contribution in [0.2, 0.25) is 0 Å². The molecule has 16 heavy (non-hydrogen) atoms. The number of nitrogens with zero attached hydrogens (tertiary/aromatic N) is 1. The predicted octanol–water partition coefficient (Wildman–Crippen LogP) is 3.51. The van der Waals surface area contributed by atoms with Crippen LogP contribution in [0.15, 0.2) is 22.7 Å². The van der Waals surface area contributed by atoms with Gasteiger partial charge in [-0.3, -0.25) is 0 Å². The molecule has 0 saturated heterocycles. The molecule has 0 heterocycles. The molecule has 0 aliphatic carbocycles. The first-order chi connectivity index (χ1) is 7.50. The minimum Gasteiger partial charge on any atom is -0.398 e. The number of nitrogens with two attached hydrogens (primary N) is 1. The summed E-state index contributed by atoms with van der Waals surface area (Å²) in [4.78, 5) is 2.33. The molecule has 3 heteroatoms.